The van der Waals surface area contributed by atoms with Crippen LogP contribution in [0.25, 0.3) is 0 Å². The first-order valence-electron chi connectivity index (χ1n) is 12.5. The van der Waals surface area contributed by atoms with E-state index >= 15 is 0 Å². The fraction of sp³-hybridized carbons (Fsp3) is 0.586. The molecule has 0 saturated heterocycles. The number of nitrogens with one attached hydrogen (secondary N) is 1. The molecule has 4 aliphatic rings. The molecule has 0 aliphatic heterocycles. The van der Waals surface area contributed by atoms with Gasteiger partial charge in [0, 0.05) is 30.5 Å². The van der Waals surface area contributed by atoms with E-state index in [2.05, 4.69) is 43.4 Å². The summed E-state index contributed by atoms with van der Waals surface area (Å²) in [7, 11) is 1.96. The first-order valence-corrected chi connectivity index (χ1v) is 12.5. The molecule has 3 heteroatoms. The average Bonchev–Trinajstić information content (AvgIpc) is 2.93. The molecule has 0 aromatic heterocycles. The van der Waals surface area contributed by atoms with Gasteiger partial charge >= 0.3 is 0 Å². The Bertz CT molecular complexity index is 1020. The van der Waals surface area contributed by atoms with E-state index in [0.29, 0.717) is 35.7 Å². The average molecular weight is 432 g/mol. The number of Topliss-reactive ketones (excluding diaryl/α,β-unsaturated/α-hetero) is 1. The third-order valence-electron chi connectivity index (χ3n) is 9.96. The zero-order chi connectivity index (χ0) is 22.7. The van der Waals surface area contributed by atoms with Crippen LogP contribution in [-0.4, -0.2) is 18.6 Å². The zero-order valence-electron chi connectivity index (χ0n) is 20.1. The Hall–Kier alpha value is -2.16. The first-order chi connectivity index (χ1) is 15.3. The number of fused-ring (bicyclic) bond motifs is 4. The highest BCUT2D eigenvalue weighted by Crippen LogP contribution is 2.69. The summed E-state index contributed by atoms with van der Waals surface area (Å²) in [5, 5.41) is 3.24. The van der Waals surface area contributed by atoms with Gasteiger partial charge in [0.2, 0.25) is 0 Å². The van der Waals surface area contributed by atoms with E-state index in [1.807, 2.05) is 20.0 Å². The predicted octanol–water partition coefficient (Wildman–Crippen LogP) is 6.61. The fourth-order valence-electron chi connectivity index (χ4n) is 7.86. The molecule has 3 unspecified atom stereocenters. The van der Waals surface area contributed by atoms with Gasteiger partial charge < -0.3 is 5.32 Å². The lowest BCUT2D eigenvalue weighted by Gasteiger charge is -2.53. The van der Waals surface area contributed by atoms with Crippen molar-refractivity contribution in [2.24, 2.45) is 22.7 Å². The molecule has 2 saturated carbocycles. The van der Waals surface area contributed by atoms with Crippen molar-refractivity contribution >= 4 is 17.3 Å². The van der Waals surface area contributed by atoms with Crippen LogP contribution < -0.4 is 5.32 Å². The molecule has 4 aliphatic carbocycles. The van der Waals surface area contributed by atoms with Crippen LogP contribution in [-0.2, 0) is 9.59 Å². The van der Waals surface area contributed by atoms with E-state index in [4.69, 9.17) is 0 Å². The van der Waals surface area contributed by atoms with Gasteiger partial charge in [0.25, 0.3) is 0 Å². The minimum absolute atomic E-state index is 0.0125. The third kappa shape index (κ3) is 3.07. The molecule has 2 fully saturated rings. The van der Waals surface area contributed by atoms with Gasteiger partial charge in [-0.15, -0.1) is 0 Å². The van der Waals surface area contributed by atoms with Crippen molar-refractivity contribution in [3.8, 4) is 0 Å². The summed E-state index contributed by atoms with van der Waals surface area (Å²) in [5.74, 6) is 2.07. The first kappa shape index (κ1) is 21.7. The number of hydrogen-bond donors (Lipinski definition) is 1. The van der Waals surface area contributed by atoms with E-state index in [9.17, 15) is 9.59 Å². The lowest BCUT2D eigenvalue weighted by molar-refractivity contribution is -0.134. The van der Waals surface area contributed by atoms with Crippen molar-refractivity contribution in [3.05, 3.63) is 52.6 Å². The molecule has 170 valence electrons. The Balaban J connectivity index is 1.70. The second-order valence-corrected chi connectivity index (χ2v) is 11.1. The van der Waals surface area contributed by atoms with Crippen LogP contribution in [0.1, 0.15) is 83.6 Å². The maximum Gasteiger partial charge on any atom is 0.156 e. The van der Waals surface area contributed by atoms with Crippen LogP contribution >= 0.6 is 0 Å². The summed E-state index contributed by atoms with van der Waals surface area (Å²) in [4.78, 5) is 25.2. The molecule has 0 heterocycles. The SMILES string of the molecule is CNc1ccc([C@H]2C[C@@]3(C)C(CCC3(C)C(C)=O)C3CCCC4=CC(=O)CCC4=C32)cc1. The number of ketones is 2. The second-order valence-electron chi connectivity index (χ2n) is 11.1. The number of carbonyl (C=O) groups excluding carboxylic acids is 2. The summed E-state index contributed by atoms with van der Waals surface area (Å²) in [5.41, 5.74) is 6.69. The van der Waals surface area contributed by atoms with Crippen LogP contribution in [0.15, 0.2) is 47.1 Å². The standard InChI is InChI=1S/C29H37NO2/c1-18(31)28(2)15-14-26-24-7-5-6-20-16-22(32)12-13-23(20)27(24)25(17-29(26,28)3)19-8-10-21(30-4)11-9-19/h8-11,16,24-26,30H,5-7,12-15,17H2,1-4H3/t24?,25-,26?,28?,29+/m1/s1. The molecule has 1 aromatic carbocycles. The molecule has 5 atom stereocenters. The van der Waals surface area contributed by atoms with Gasteiger partial charge in [-0.05, 0) is 104 Å². The molecule has 3 nitrogen and oxygen atoms in total. The molecule has 0 radical (unpaired) electrons. The number of allylic oxidation sites excluding steroid dienone is 4. The quantitative estimate of drug-likeness (QED) is 0.585. The highest BCUT2D eigenvalue weighted by atomic mass is 16.1. The maximum atomic E-state index is 13.0. The normalized spacial score (nSPS) is 36.6. The Kier molecular flexibility index (Phi) is 5.22. The number of anilines is 1. The van der Waals surface area contributed by atoms with Crippen molar-refractivity contribution in [1.29, 1.82) is 0 Å². The van der Waals surface area contributed by atoms with Crippen molar-refractivity contribution in [2.75, 3.05) is 12.4 Å². The molecule has 1 N–H and O–H groups in total. The lowest BCUT2D eigenvalue weighted by Crippen LogP contribution is -2.48. The number of rotatable bonds is 3. The monoisotopic (exact) mass is 431 g/mol. The maximum absolute atomic E-state index is 13.0. The number of benzene rings is 1. The van der Waals surface area contributed by atoms with E-state index in [-0.39, 0.29) is 10.8 Å². The van der Waals surface area contributed by atoms with Gasteiger partial charge in [0.1, 0.15) is 5.78 Å². The fourth-order valence-corrected chi connectivity index (χ4v) is 7.86. The summed E-state index contributed by atoms with van der Waals surface area (Å²) < 4.78 is 0. The molecular weight excluding hydrogens is 394 g/mol. The molecular formula is C29H37NO2. The highest BCUT2D eigenvalue weighted by molar-refractivity contribution is 5.93. The Labute approximate surface area is 192 Å². The lowest BCUT2D eigenvalue weighted by atomic mass is 9.50. The highest BCUT2D eigenvalue weighted by Gasteiger charge is 2.62. The van der Waals surface area contributed by atoms with Gasteiger partial charge in [-0.1, -0.05) is 31.6 Å². The Morgan fingerprint density at radius 1 is 1.06 bits per heavy atom. The molecule has 0 bridgehead atoms. The number of hydrogen-bond acceptors (Lipinski definition) is 3. The van der Waals surface area contributed by atoms with Gasteiger partial charge in [0.05, 0.1) is 0 Å². The summed E-state index contributed by atoms with van der Waals surface area (Å²) in [6, 6.07) is 8.93. The Morgan fingerprint density at radius 3 is 2.50 bits per heavy atom. The van der Waals surface area contributed by atoms with E-state index < -0.39 is 0 Å². The molecule has 5 rings (SSSR count). The summed E-state index contributed by atoms with van der Waals surface area (Å²) >= 11 is 0. The largest absolute Gasteiger partial charge is 0.388 e. The van der Waals surface area contributed by atoms with Gasteiger partial charge in [0.15, 0.2) is 5.78 Å². The Morgan fingerprint density at radius 2 is 1.81 bits per heavy atom. The van der Waals surface area contributed by atoms with Crippen molar-refractivity contribution in [2.45, 2.75) is 78.1 Å². The molecule has 32 heavy (non-hydrogen) atoms. The third-order valence-corrected chi connectivity index (χ3v) is 9.96. The van der Waals surface area contributed by atoms with Crippen LogP contribution in [0.5, 0.6) is 0 Å². The smallest absolute Gasteiger partial charge is 0.156 e. The zero-order valence-corrected chi connectivity index (χ0v) is 20.1. The van der Waals surface area contributed by atoms with Crippen molar-refractivity contribution in [3.63, 3.8) is 0 Å². The van der Waals surface area contributed by atoms with Crippen molar-refractivity contribution < 1.29 is 9.59 Å². The van der Waals surface area contributed by atoms with Crippen LogP contribution in [0.4, 0.5) is 5.69 Å². The van der Waals surface area contributed by atoms with E-state index in [1.165, 1.54) is 23.1 Å². The van der Waals surface area contributed by atoms with Crippen LogP contribution in [0.2, 0.25) is 0 Å². The van der Waals surface area contributed by atoms with Crippen LogP contribution in [0.3, 0.4) is 0 Å². The van der Waals surface area contributed by atoms with Gasteiger partial charge in [-0.25, -0.2) is 0 Å². The molecule has 0 amide bonds. The predicted molar refractivity (Wildman–Crippen MR) is 130 cm³/mol. The van der Waals surface area contributed by atoms with Crippen LogP contribution in [0, 0.1) is 22.7 Å². The summed E-state index contributed by atoms with van der Waals surface area (Å²) in [6.45, 7) is 6.49. The second kappa shape index (κ2) is 7.71. The van der Waals surface area contributed by atoms with Crippen molar-refractivity contribution in [1.82, 2.24) is 0 Å². The molecule has 0 spiro atoms. The minimum Gasteiger partial charge on any atom is -0.388 e. The number of carbonyl (C=O) groups is 2. The minimum atomic E-state index is -0.246. The van der Waals surface area contributed by atoms with E-state index in [1.54, 1.807) is 5.57 Å². The summed E-state index contributed by atoms with van der Waals surface area (Å²) in [6.07, 6.45) is 10.0. The van der Waals surface area contributed by atoms with E-state index in [0.717, 1.165) is 44.2 Å². The molecule has 1 aromatic rings. The van der Waals surface area contributed by atoms with Gasteiger partial charge in [-0.2, -0.15) is 0 Å². The van der Waals surface area contributed by atoms with Gasteiger partial charge in [-0.3, -0.25) is 9.59 Å². The topological polar surface area (TPSA) is 46.2 Å².